The molecule has 1 fully saturated rings. The highest BCUT2D eigenvalue weighted by molar-refractivity contribution is 6.28. The van der Waals surface area contributed by atoms with Gasteiger partial charge < -0.3 is 9.64 Å². The third-order valence-electron chi connectivity index (χ3n) is 2.69. The molecule has 0 aliphatic carbocycles. The highest BCUT2D eigenvalue weighted by atomic mass is 35.5. The molecule has 0 spiro atoms. The minimum absolute atomic E-state index is 0.0495. The van der Waals surface area contributed by atoms with Crippen molar-refractivity contribution in [3.05, 3.63) is 17.3 Å². The Bertz CT molecular complexity index is 449. The molecule has 0 saturated carbocycles. The third kappa shape index (κ3) is 2.90. The Morgan fingerprint density at radius 1 is 1.28 bits per heavy atom. The fourth-order valence-electron chi connectivity index (χ4n) is 2.50. The number of ether oxygens (including phenoxy) is 1. The third-order valence-corrected chi connectivity index (χ3v) is 2.87. The summed E-state index contributed by atoms with van der Waals surface area (Å²) in [5.74, 6) is -0.229. The first-order valence-corrected chi connectivity index (χ1v) is 6.20. The van der Waals surface area contributed by atoms with Gasteiger partial charge in [-0.2, -0.15) is 4.98 Å². The van der Waals surface area contributed by atoms with Crippen LogP contribution in [0.25, 0.3) is 0 Å². The highest BCUT2D eigenvalue weighted by Crippen LogP contribution is 2.31. The van der Waals surface area contributed by atoms with Crippen LogP contribution in [0.2, 0.25) is 5.28 Å². The van der Waals surface area contributed by atoms with Crippen LogP contribution in [0.3, 0.4) is 0 Å². The molecule has 6 heteroatoms. The lowest BCUT2D eigenvalue weighted by atomic mass is 9.99. The molecule has 100 valence electrons. The van der Waals surface area contributed by atoms with E-state index >= 15 is 0 Å². The summed E-state index contributed by atoms with van der Waals surface area (Å²) in [6.45, 7) is 9.01. The molecule has 1 aliphatic heterocycles. The van der Waals surface area contributed by atoms with Crippen LogP contribution in [-0.2, 0) is 4.74 Å². The zero-order chi connectivity index (χ0) is 13.6. The second kappa shape index (κ2) is 4.31. The molecule has 0 atom stereocenters. The van der Waals surface area contributed by atoms with Gasteiger partial charge in [0.15, 0.2) is 11.6 Å². The summed E-state index contributed by atoms with van der Waals surface area (Å²) in [5.41, 5.74) is -0.739. The summed E-state index contributed by atoms with van der Waals surface area (Å²) < 4.78 is 19.7. The molecule has 1 aromatic heterocycles. The van der Waals surface area contributed by atoms with Gasteiger partial charge in [0.05, 0.1) is 17.4 Å². The molecule has 18 heavy (non-hydrogen) atoms. The van der Waals surface area contributed by atoms with Crippen LogP contribution in [0.15, 0.2) is 6.20 Å². The quantitative estimate of drug-likeness (QED) is 0.738. The maximum absolute atomic E-state index is 13.8. The largest absolute Gasteiger partial charge is 0.366 e. The van der Waals surface area contributed by atoms with Gasteiger partial charge in [0.2, 0.25) is 5.28 Å². The van der Waals surface area contributed by atoms with Crippen molar-refractivity contribution in [3.63, 3.8) is 0 Å². The number of rotatable bonds is 1. The second-order valence-corrected chi connectivity index (χ2v) is 6.13. The molecule has 0 N–H and O–H groups in total. The molecule has 0 unspecified atom stereocenters. The second-order valence-electron chi connectivity index (χ2n) is 5.79. The molecule has 1 aromatic rings. The van der Waals surface area contributed by atoms with Crippen LogP contribution in [0.1, 0.15) is 27.7 Å². The van der Waals surface area contributed by atoms with Crippen molar-refractivity contribution in [2.24, 2.45) is 0 Å². The van der Waals surface area contributed by atoms with Gasteiger partial charge in [-0.1, -0.05) is 0 Å². The van der Waals surface area contributed by atoms with Crippen molar-refractivity contribution >= 4 is 17.4 Å². The Morgan fingerprint density at radius 3 is 2.39 bits per heavy atom. The summed E-state index contributed by atoms with van der Waals surface area (Å²) in [6.07, 6.45) is 1.10. The van der Waals surface area contributed by atoms with Crippen LogP contribution >= 0.6 is 11.6 Å². The van der Waals surface area contributed by atoms with Gasteiger partial charge in [-0.3, -0.25) is 0 Å². The molecular weight excluding hydrogens is 257 g/mol. The lowest BCUT2D eigenvalue weighted by Gasteiger charge is -2.47. The van der Waals surface area contributed by atoms with E-state index < -0.39 is 5.82 Å². The minimum atomic E-state index is -0.465. The molecule has 1 saturated heterocycles. The molecule has 0 bridgehead atoms. The van der Waals surface area contributed by atoms with Gasteiger partial charge in [0, 0.05) is 13.1 Å². The van der Waals surface area contributed by atoms with Crippen LogP contribution in [0.4, 0.5) is 10.2 Å². The highest BCUT2D eigenvalue weighted by Gasteiger charge is 2.39. The fraction of sp³-hybridized carbons (Fsp3) is 0.667. The normalized spacial score (nSPS) is 22.0. The molecule has 0 radical (unpaired) electrons. The van der Waals surface area contributed by atoms with Crippen LogP contribution in [0.5, 0.6) is 0 Å². The first-order valence-electron chi connectivity index (χ1n) is 5.82. The number of hydrogen-bond donors (Lipinski definition) is 0. The summed E-state index contributed by atoms with van der Waals surface area (Å²) in [6, 6.07) is 0. The number of aromatic nitrogens is 2. The van der Waals surface area contributed by atoms with Gasteiger partial charge in [0.25, 0.3) is 0 Å². The van der Waals surface area contributed by atoms with Gasteiger partial charge >= 0.3 is 0 Å². The Labute approximate surface area is 111 Å². The molecule has 0 aromatic carbocycles. The van der Waals surface area contributed by atoms with Gasteiger partial charge in [-0.25, -0.2) is 9.37 Å². The topological polar surface area (TPSA) is 38.2 Å². The lowest BCUT2D eigenvalue weighted by molar-refractivity contribution is -0.133. The average Bonchev–Trinajstić information content (AvgIpc) is 2.17. The first kappa shape index (κ1) is 13.5. The van der Waals surface area contributed by atoms with Gasteiger partial charge in [-0.05, 0) is 39.3 Å². The van der Waals surface area contributed by atoms with E-state index in [0.717, 1.165) is 6.20 Å². The van der Waals surface area contributed by atoms with E-state index in [0.29, 0.717) is 13.1 Å². The molecule has 2 heterocycles. The van der Waals surface area contributed by atoms with Crippen LogP contribution in [0, 0.1) is 5.82 Å². The van der Waals surface area contributed by atoms with Crippen molar-refractivity contribution < 1.29 is 9.13 Å². The van der Waals surface area contributed by atoms with E-state index in [1.54, 1.807) is 0 Å². The molecule has 1 aliphatic rings. The first-order chi connectivity index (χ1) is 8.19. The predicted octanol–water partition coefficient (Wildman–Crippen LogP) is 2.66. The van der Waals surface area contributed by atoms with E-state index in [-0.39, 0.29) is 22.3 Å². The lowest BCUT2D eigenvalue weighted by Crippen LogP contribution is -2.57. The van der Waals surface area contributed by atoms with Crippen molar-refractivity contribution in [2.75, 3.05) is 18.0 Å². The Morgan fingerprint density at radius 2 is 1.83 bits per heavy atom. The number of halogens is 2. The molecule has 2 rings (SSSR count). The standard InChI is InChI=1S/C12H17ClFN3O/c1-11(2)6-17(7-12(3,4)18-11)9-8(14)5-15-10(13)16-9/h5H,6-7H2,1-4H3. The summed E-state index contributed by atoms with van der Waals surface area (Å²) in [7, 11) is 0. The SMILES string of the molecule is CC1(C)CN(c2nc(Cl)ncc2F)CC(C)(C)O1. The van der Waals surface area contributed by atoms with Gasteiger partial charge in [0.1, 0.15) is 0 Å². The number of anilines is 1. The van der Waals surface area contributed by atoms with Crippen LogP contribution < -0.4 is 4.90 Å². The maximum Gasteiger partial charge on any atom is 0.224 e. The van der Waals surface area contributed by atoms with E-state index in [1.165, 1.54) is 0 Å². The summed E-state index contributed by atoms with van der Waals surface area (Å²) in [5, 5.41) is 0.0495. The Balaban J connectivity index is 2.35. The Kier molecular flexibility index (Phi) is 3.23. The van der Waals surface area contributed by atoms with Crippen molar-refractivity contribution in [1.82, 2.24) is 9.97 Å². The van der Waals surface area contributed by atoms with E-state index in [4.69, 9.17) is 16.3 Å². The van der Waals surface area contributed by atoms with E-state index in [2.05, 4.69) is 9.97 Å². The molecular formula is C12H17ClFN3O. The monoisotopic (exact) mass is 273 g/mol. The molecule has 4 nitrogen and oxygen atoms in total. The minimum Gasteiger partial charge on any atom is -0.366 e. The fourth-order valence-corrected chi connectivity index (χ4v) is 2.63. The molecule has 0 amide bonds. The number of hydrogen-bond acceptors (Lipinski definition) is 4. The predicted molar refractivity (Wildman–Crippen MR) is 68.5 cm³/mol. The number of morpholine rings is 1. The van der Waals surface area contributed by atoms with Crippen LogP contribution in [-0.4, -0.2) is 34.3 Å². The van der Waals surface area contributed by atoms with E-state index in [1.807, 2.05) is 32.6 Å². The van der Waals surface area contributed by atoms with E-state index in [9.17, 15) is 4.39 Å². The number of nitrogens with zero attached hydrogens (tertiary/aromatic N) is 3. The van der Waals surface area contributed by atoms with Gasteiger partial charge in [-0.15, -0.1) is 0 Å². The summed E-state index contributed by atoms with van der Waals surface area (Å²) >= 11 is 5.73. The zero-order valence-corrected chi connectivity index (χ0v) is 11.8. The smallest absolute Gasteiger partial charge is 0.224 e. The summed E-state index contributed by atoms with van der Waals surface area (Å²) in [4.78, 5) is 9.46. The maximum atomic E-state index is 13.8. The van der Waals surface area contributed by atoms with Crippen molar-refractivity contribution in [1.29, 1.82) is 0 Å². The van der Waals surface area contributed by atoms with Crippen molar-refractivity contribution in [3.8, 4) is 0 Å². The average molecular weight is 274 g/mol. The zero-order valence-electron chi connectivity index (χ0n) is 11.0. The Hall–Kier alpha value is -0.940. The van der Waals surface area contributed by atoms with Crippen molar-refractivity contribution in [2.45, 2.75) is 38.9 Å².